The second kappa shape index (κ2) is 5.33. The van der Waals surface area contributed by atoms with Gasteiger partial charge >= 0.3 is 6.29 Å². The van der Waals surface area contributed by atoms with Crippen LogP contribution in [0.15, 0.2) is 18.2 Å². The first kappa shape index (κ1) is 14.1. The van der Waals surface area contributed by atoms with E-state index >= 15 is 0 Å². The zero-order valence-electron chi connectivity index (χ0n) is 10.7. The Morgan fingerprint density at radius 3 is 2.80 bits per heavy atom. The minimum atomic E-state index is -3.69. The molecule has 0 saturated carbocycles. The topological polar surface area (TPSA) is 71.4 Å². The summed E-state index contributed by atoms with van der Waals surface area (Å²) in [5, 5.41) is 11.4. The van der Waals surface area contributed by atoms with Crippen LogP contribution in [-0.4, -0.2) is 12.2 Å². The number of rotatable bonds is 4. The molecule has 20 heavy (non-hydrogen) atoms. The molecule has 0 spiro atoms. The summed E-state index contributed by atoms with van der Waals surface area (Å²) in [5.74, 6) is -1.50. The molecule has 0 aliphatic carbocycles. The van der Waals surface area contributed by atoms with Gasteiger partial charge in [0, 0.05) is 11.8 Å². The van der Waals surface area contributed by atoms with E-state index in [-0.39, 0.29) is 17.2 Å². The summed E-state index contributed by atoms with van der Waals surface area (Å²) in [5.41, 5.74) is 0.270. The first-order chi connectivity index (χ1) is 9.45. The van der Waals surface area contributed by atoms with Crippen molar-refractivity contribution in [2.45, 2.75) is 26.1 Å². The number of ether oxygens (including phenoxy) is 2. The lowest BCUT2D eigenvalue weighted by Crippen LogP contribution is -2.25. The Labute approximate surface area is 114 Å². The zero-order chi connectivity index (χ0) is 14.8. The number of carbonyl (C=O) groups is 1. The molecule has 1 aromatic carbocycles. The maximum atomic E-state index is 12.8. The Balaban J connectivity index is 2.09. The number of nitrogens with zero attached hydrogens (tertiary/aromatic N) is 1. The van der Waals surface area contributed by atoms with Gasteiger partial charge < -0.3 is 14.8 Å². The molecule has 1 heterocycles. The Bertz CT molecular complexity index is 569. The lowest BCUT2D eigenvalue weighted by atomic mass is 10.0. The molecule has 1 amide bonds. The summed E-state index contributed by atoms with van der Waals surface area (Å²) in [4.78, 5) is 11.8. The number of hydrogen-bond acceptors (Lipinski definition) is 4. The first-order valence-corrected chi connectivity index (χ1v) is 6.05. The van der Waals surface area contributed by atoms with Crippen LogP contribution in [0.1, 0.15) is 19.8 Å². The fourth-order valence-corrected chi connectivity index (χ4v) is 1.80. The van der Waals surface area contributed by atoms with Crippen molar-refractivity contribution >= 4 is 11.6 Å². The van der Waals surface area contributed by atoms with Crippen LogP contribution in [0, 0.1) is 17.2 Å². The molecule has 1 unspecified atom stereocenters. The minimum absolute atomic E-state index is 0.0987. The predicted molar refractivity (Wildman–Crippen MR) is 65.3 cm³/mol. The number of nitriles is 1. The number of halogens is 2. The lowest BCUT2D eigenvalue weighted by molar-refractivity contribution is -0.286. The van der Waals surface area contributed by atoms with Gasteiger partial charge in [-0.05, 0) is 18.6 Å². The monoisotopic (exact) mass is 282 g/mol. The Morgan fingerprint density at radius 2 is 2.15 bits per heavy atom. The molecule has 0 radical (unpaired) electrons. The zero-order valence-corrected chi connectivity index (χ0v) is 10.7. The fraction of sp³-hybridized carbons (Fsp3) is 0.385. The van der Waals surface area contributed by atoms with Gasteiger partial charge in [0.05, 0.1) is 6.07 Å². The minimum Gasteiger partial charge on any atom is -0.395 e. The van der Waals surface area contributed by atoms with Crippen molar-refractivity contribution in [3.05, 3.63) is 18.2 Å². The van der Waals surface area contributed by atoms with Crippen molar-refractivity contribution in [2.24, 2.45) is 5.92 Å². The summed E-state index contributed by atoms with van der Waals surface area (Å²) < 4.78 is 34.2. The standard InChI is InChI=1S/C13H12F2N2O3/c1-2-3-8(7-16)12(18)17-9-4-5-10-11(6-9)20-13(14,15)19-10/h4-6,8H,2-3H2,1H3,(H,17,18). The third-order valence-electron chi connectivity index (χ3n) is 2.72. The largest absolute Gasteiger partial charge is 0.586 e. The van der Waals surface area contributed by atoms with E-state index < -0.39 is 18.1 Å². The molecule has 2 rings (SSSR count). The lowest BCUT2D eigenvalue weighted by Gasteiger charge is -2.09. The van der Waals surface area contributed by atoms with E-state index in [4.69, 9.17) is 5.26 Å². The number of fused-ring (bicyclic) bond motifs is 1. The van der Waals surface area contributed by atoms with Gasteiger partial charge in [-0.25, -0.2) is 0 Å². The SMILES string of the molecule is CCCC(C#N)C(=O)Nc1ccc2c(c1)OC(F)(F)O2. The predicted octanol–water partition coefficient (Wildman–Crippen LogP) is 2.89. The summed E-state index contributed by atoms with van der Waals surface area (Å²) in [7, 11) is 0. The van der Waals surface area contributed by atoms with Crippen LogP contribution in [0.4, 0.5) is 14.5 Å². The molecule has 7 heteroatoms. The normalized spacial score (nSPS) is 16.3. The number of alkyl halides is 2. The molecule has 0 aromatic heterocycles. The number of benzene rings is 1. The molecular formula is C13H12F2N2O3. The molecular weight excluding hydrogens is 270 g/mol. The quantitative estimate of drug-likeness (QED) is 0.921. The van der Waals surface area contributed by atoms with E-state index in [1.165, 1.54) is 18.2 Å². The third kappa shape index (κ3) is 2.96. The van der Waals surface area contributed by atoms with Crippen LogP contribution in [-0.2, 0) is 4.79 Å². The van der Waals surface area contributed by atoms with Crippen molar-refractivity contribution < 1.29 is 23.0 Å². The van der Waals surface area contributed by atoms with Crippen LogP contribution < -0.4 is 14.8 Å². The fourth-order valence-electron chi connectivity index (χ4n) is 1.80. The Hall–Kier alpha value is -2.36. The summed E-state index contributed by atoms with van der Waals surface area (Å²) in [6, 6.07) is 5.81. The van der Waals surface area contributed by atoms with E-state index in [2.05, 4.69) is 14.8 Å². The molecule has 0 saturated heterocycles. The molecule has 106 valence electrons. The average Bonchev–Trinajstić information content (AvgIpc) is 2.68. The van der Waals surface area contributed by atoms with E-state index in [0.29, 0.717) is 12.8 Å². The maximum Gasteiger partial charge on any atom is 0.586 e. The molecule has 5 nitrogen and oxygen atoms in total. The third-order valence-corrected chi connectivity index (χ3v) is 2.72. The number of hydrogen-bond donors (Lipinski definition) is 1. The average molecular weight is 282 g/mol. The van der Waals surface area contributed by atoms with Crippen molar-refractivity contribution in [2.75, 3.05) is 5.32 Å². The molecule has 0 bridgehead atoms. The second-order valence-corrected chi connectivity index (χ2v) is 4.29. The molecule has 1 atom stereocenters. The number of nitrogens with one attached hydrogen (secondary N) is 1. The highest BCUT2D eigenvalue weighted by atomic mass is 19.3. The van der Waals surface area contributed by atoms with Gasteiger partial charge in [0.25, 0.3) is 0 Å². The van der Waals surface area contributed by atoms with Crippen LogP contribution in [0.3, 0.4) is 0 Å². The van der Waals surface area contributed by atoms with Gasteiger partial charge in [-0.2, -0.15) is 5.26 Å². The van der Waals surface area contributed by atoms with Gasteiger partial charge in [-0.15, -0.1) is 8.78 Å². The Morgan fingerprint density at radius 1 is 1.45 bits per heavy atom. The highest BCUT2D eigenvalue weighted by Gasteiger charge is 2.43. The smallest absolute Gasteiger partial charge is 0.395 e. The van der Waals surface area contributed by atoms with Gasteiger partial charge in [-0.1, -0.05) is 13.3 Å². The van der Waals surface area contributed by atoms with Crippen molar-refractivity contribution in [3.63, 3.8) is 0 Å². The van der Waals surface area contributed by atoms with Crippen molar-refractivity contribution in [3.8, 4) is 17.6 Å². The maximum absolute atomic E-state index is 12.8. The van der Waals surface area contributed by atoms with Gasteiger partial charge in [0.2, 0.25) is 5.91 Å². The van der Waals surface area contributed by atoms with Gasteiger partial charge in [-0.3, -0.25) is 4.79 Å². The van der Waals surface area contributed by atoms with Crippen LogP contribution in [0.5, 0.6) is 11.5 Å². The van der Waals surface area contributed by atoms with Crippen LogP contribution >= 0.6 is 0 Å². The van der Waals surface area contributed by atoms with E-state index in [1.54, 1.807) is 0 Å². The number of anilines is 1. The van der Waals surface area contributed by atoms with E-state index in [0.717, 1.165) is 0 Å². The van der Waals surface area contributed by atoms with E-state index in [1.807, 2.05) is 13.0 Å². The van der Waals surface area contributed by atoms with Gasteiger partial charge in [0.15, 0.2) is 11.5 Å². The molecule has 0 fully saturated rings. The Kier molecular flexibility index (Phi) is 3.74. The highest BCUT2D eigenvalue weighted by Crippen LogP contribution is 2.42. The molecule has 1 aliphatic rings. The van der Waals surface area contributed by atoms with Crippen LogP contribution in [0.25, 0.3) is 0 Å². The molecule has 1 N–H and O–H groups in total. The van der Waals surface area contributed by atoms with Crippen molar-refractivity contribution in [1.82, 2.24) is 0 Å². The molecule has 1 aromatic rings. The molecule has 1 aliphatic heterocycles. The van der Waals surface area contributed by atoms with Gasteiger partial charge in [0.1, 0.15) is 5.92 Å². The highest BCUT2D eigenvalue weighted by molar-refractivity contribution is 5.94. The number of amides is 1. The van der Waals surface area contributed by atoms with Crippen molar-refractivity contribution in [1.29, 1.82) is 5.26 Å². The first-order valence-electron chi connectivity index (χ1n) is 6.05. The van der Waals surface area contributed by atoms with Crippen LogP contribution in [0.2, 0.25) is 0 Å². The number of carbonyl (C=O) groups excluding carboxylic acids is 1. The second-order valence-electron chi connectivity index (χ2n) is 4.29. The summed E-state index contributed by atoms with van der Waals surface area (Å²) in [6.45, 7) is 1.86. The summed E-state index contributed by atoms with van der Waals surface area (Å²) in [6.07, 6.45) is -2.56. The summed E-state index contributed by atoms with van der Waals surface area (Å²) >= 11 is 0. The van der Waals surface area contributed by atoms with E-state index in [9.17, 15) is 13.6 Å².